The van der Waals surface area contributed by atoms with Crippen LogP contribution in [-0.2, 0) is 6.54 Å². The third-order valence-corrected chi connectivity index (χ3v) is 4.47. The highest BCUT2D eigenvalue weighted by Crippen LogP contribution is 2.25. The maximum Gasteiger partial charge on any atom is 0.151 e. The van der Waals surface area contributed by atoms with Crippen LogP contribution in [0.3, 0.4) is 0 Å². The lowest BCUT2D eigenvalue weighted by molar-refractivity contribution is 0.354. The third kappa shape index (κ3) is 2.97. The van der Waals surface area contributed by atoms with Gasteiger partial charge in [-0.25, -0.2) is 4.39 Å². The van der Waals surface area contributed by atoms with Gasteiger partial charge in [-0.2, -0.15) is 5.10 Å². The van der Waals surface area contributed by atoms with E-state index in [1.807, 2.05) is 35.2 Å². The standard InChI is InChI=1S/C18H19FN4O/c19-14-8-15(23(11-14)18-6-3-7-21-22-18)10-20-9-13-12-24-17-5-2-1-4-16(13)17/h1-7,12,14-15,20H,8-11H2/t14-,15-/m0/s1. The Morgan fingerprint density at radius 1 is 1.25 bits per heavy atom. The van der Waals surface area contributed by atoms with Crippen LogP contribution in [0.2, 0.25) is 0 Å². The molecule has 1 saturated heterocycles. The molecule has 1 aromatic carbocycles. The fourth-order valence-electron chi connectivity index (χ4n) is 3.32. The molecule has 0 spiro atoms. The van der Waals surface area contributed by atoms with Crippen molar-refractivity contribution >= 4 is 16.8 Å². The molecule has 3 heterocycles. The first kappa shape index (κ1) is 15.1. The third-order valence-electron chi connectivity index (χ3n) is 4.47. The van der Waals surface area contributed by atoms with Crippen molar-refractivity contribution in [2.75, 3.05) is 18.0 Å². The van der Waals surface area contributed by atoms with E-state index < -0.39 is 6.17 Å². The Morgan fingerprint density at radius 3 is 3.04 bits per heavy atom. The van der Waals surface area contributed by atoms with Gasteiger partial charge in [0.25, 0.3) is 0 Å². The summed E-state index contributed by atoms with van der Waals surface area (Å²) < 4.78 is 19.4. The number of hydrogen-bond acceptors (Lipinski definition) is 5. The molecule has 2 atom stereocenters. The molecule has 3 aromatic rings. The van der Waals surface area contributed by atoms with Crippen LogP contribution < -0.4 is 10.2 Å². The van der Waals surface area contributed by atoms with Gasteiger partial charge in [-0.05, 0) is 18.2 Å². The normalized spacial score (nSPS) is 20.8. The number of anilines is 1. The second kappa shape index (κ2) is 6.57. The number of furan rings is 1. The Balaban J connectivity index is 1.41. The SMILES string of the molecule is F[C@H]1C[C@@H](CNCc2coc3ccccc23)N(c2cccnn2)C1. The summed E-state index contributed by atoms with van der Waals surface area (Å²) in [6.45, 7) is 1.76. The average Bonchev–Trinajstić information content (AvgIpc) is 3.20. The molecule has 2 aromatic heterocycles. The molecule has 0 unspecified atom stereocenters. The summed E-state index contributed by atoms with van der Waals surface area (Å²) in [5.74, 6) is 0.734. The van der Waals surface area contributed by atoms with Crippen LogP contribution in [-0.4, -0.2) is 35.5 Å². The lowest BCUT2D eigenvalue weighted by Gasteiger charge is -2.24. The van der Waals surface area contributed by atoms with Crippen molar-refractivity contribution in [2.24, 2.45) is 0 Å². The number of nitrogens with one attached hydrogen (secondary N) is 1. The van der Waals surface area contributed by atoms with Gasteiger partial charge in [-0.3, -0.25) is 0 Å². The number of alkyl halides is 1. The molecule has 0 amide bonds. The summed E-state index contributed by atoms with van der Waals surface area (Å²) in [6.07, 6.45) is 3.10. The van der Waals surface area contributed by atoms with Crippen LogP contribution >= 0.6 is 0 Å². The van der Waals surface area contributed by atoms with Crippen molar-refractivity contribution in [2.45, 2.75) is 25.2 Å². The average molecular weight is 326 g/mol. The van der Waals surface area contributed by atoms with E-state index in [2.05, 4.69) is 21.6 Å². The molecule has 1 N–H and O–H groups in total. The zero-order valence-corrected chi connectivity index (χ0v) is 13.2. The molecule has 124 valence electrons. The lowest BCUT2D eigenvalue weighted by Crippen LogP contribution is -2.38. The van der Waals surface area contributed by atoms with Crippen molar-refractivity contribution in [3.63, 3.8) is 0 Å². The minimum absolute atomic E-state index is 0.0786. The van der Waals surface area contributed by atoms with Gasteiger partial charge in [0.2, 0.25) is 0 Å². The number of hydrogen-bond donors (Lipinski definition) is 1. The summed E-state index contributed by atoms with van der Waals surface area (Å²) >= 11 is 0. The fourth-order valence-corrected chi connectivity index (χ4v) is 3.32. The maximum atomic E-state index is 13.9. The largest absolute Gasteiger partial charge is 0.464 e. The molecule has 1 aliphatic rings. The monoisotopic (exact) mass is 326 g/mol. The Kier molecular flexibility index (Phi) is 4.13. The number of fused-ring (bicyclic) bond motifs is 1. The second-order valence-corrected chi connectivity index (χ2v) is 6.11. The van der Waals surface area contributed by atoms with Crippen LogP contribution in [0.5, 0.6) is 0 Å². The van der Waals surface area contributed by atoms with Gasteiger partial charge in [0.05, 0.1) is 12.8 Å². The van der Waals surface area contributed by atoms with Gasteiger partial charge in [0, 0.05) is 42.7 Å². The minimum atomic E-state index is -0.825. The van der Waals surface area contributed by atoms with E-state index in [0.717, 1.165) is 22.4 Å². The predicted octanol–water partition coefficient (Wildman–Crippen LogP) is 2.93. The van der Waals surface area contributed by atoms with Crippen molar-refractivity contribution in [3.05, 3.63) is 54.4 Å². The first-order valence-corrected chi connectivity index (χ1v) is 8.15. The molecule has 0 saturated carbocycles. The number of nitrogens with zero attached hydrogens (tertiary/aromatic N) is 3. The molecular formula is C18H19FN4O. The van der Waals surface area contributed by atoms with E-state index in [-0.39, 0.29) is 6.04 Å². The summed E-state index contributed by atoms with van der Waals surface area (Å²) in [6, 6.07) is 11.8. The molecule has 1 fully saturated rings. The summed E-state index contributed by atoms with van der Waals surface area (Å²) in [5, 5.41) is 12.5. The van der Waals surface area contributed by atoms with Crippen LogP contribution in [0.4, 0.5) is 10.2 Å². The highest BCUT2D eigenvalue weighted by molar-refractivity contribution is 5.80. The molecule has 0 radical (unpaired) electrons. The highest BCUT2D eigenvalue weighted by atomic mass is 19.1. The fraction of sp³-hybridized carbons (Fsp3) is 0.333. The number of rotatable bonds is 5. The van der Waals surface area contributed by atoms with E-state index in [4.69, 9.17) is 4.42 Å². The predicted molar refractivity (Wildman–Crippen MR) is 90.6 cm³/mol. The van der Waals surface area contributed by atoms with Gasteiger partial charge in [0.1, 0.15) is 11.8 Å². The Hall–Kier alpha value is -2.47. The van der Waals surface area contributed by atoms with Gasteiger partial charge >= 0.3 is 0 Å². The molecule has 24 heavy (non-hydrogen) atoms. The number of benzene rings is 1. The summed E-state index contributed by atoms with van der Waals surface area (Å²) in [5.41, 5.74) is 2.01. The van der Waals surface area contributed by atoms with E-state index >= 15 is 0 Å². The first-order chi connectivity index (χ1) is 11.8. The summed E-state index contributed by atoms with van der Waals surface area (Å²) in [4.78, 5) is 2.00. The molecule has 6 heteroatoms. The van der Waals surface area contributed by atoms with Crippen LogP contribution in [0.25, 0.3) is 11.0 Å². The van der Waals surface area contributed by atoms with Crippen molar-refractivity contribution < 1.29 is 8.81 Å². The highest BCUT2D eigenvalue weighted by Gasteiger charge is 2.32. The van der Waals surface area contributed by atoms with Gasteiger partial charge in [-0.1, -0.05) is 18.2 Å². The molecule has 4 rings (SSSR count). The van der Waals surface area contributed by atoms with Crippen LogP contribution in [0.1, 0.15) is 12.0 Å². The van der Waals surface area contributed by atoms with Gasteiger partial charge in [-0.15, -0.1) is 5.10 Å². The molecule has 0 aliphatic carbocycles. The second-order valence-electron chi connectivity index (χ2n) is 6.11. The molecule has 1 aliphatic heterocycles. The molecular weight excluding hydrogens is 307 g/mol. The minimum Gasteiger partial charge on any atom is -0.464 e. The number of aromatic nitrogens is 2. The maximum absolute atomic E-state index is 13.9. The smallest absolute Gasteiger partial charge is 0.151 e. The zero-order chi connectivity index (χ0) is 16.4. The number of halogens is 1. The van der Waals surface area contributed by atoms with Crippen molar-refractivity contribution in [1.29, 1.82) is 0 Å². The molecule has 0 bridgehead atoms. The number of para-hydroxylation sites is 1. The van der Waals surface area contributed by atoms with Crippen molar-refractivity contribution in [3.8, 4) is 0 Å². The zero-order valence-electron chi connectivity index (χ0n) is 13.2. The summed E-state index contributed by atoms with van der Waals surface area (Å²) in [7, 11) is 0. The van der Waals surface area contributed by atoms with E-state index in [9.17, 15) is 4.39 Å². The van der Waals surface area contributed by atoms with E-state index in [0.29, 0.717) is 26.1 Å². The Morgan fingerprint density at radius 2 is 2.17 bits per heavy atom. The van der Waals surface area contributed by atoms with Crippen molar-refractivity contribution in [1.82, 2.24) is 15.5 Å². The first-order valence-electron chi connectivity index (χ1n) is 8.15. The quantitative estimate of drug-likeness (QED) is 0.781. The topological polar surface area (TPSA) is 54.2 Å². The lowest BCUT2D eigenvalue weighted by atomic mass is 10.1. The van der Waals surface area contributed by atoms with E-state index in [1.165, 1.54) is 0 Å². The van der Waals surface area contributed by atoms with Crippen LogP contribution in [0, 0.1) is 0 Å². The van der Waals surface area contributed by atoms with Gasteiger partial charge < -0.3 is 14.6 Å². The Bertz CT molecular complexity index is 807. The van der Waals surface area contributed by atoms with E-state index in [1.54, 1.807) is 12.5 Å². The van der Waals surface area contributed by atoms with Gasteiger partial charge in [0.15, 0.2) is 5.82 Å². The Labute approximate surface area is 139 Å². The van der Waals surface area contributed by atoms with Crippen LogP contribution in [0.15, 0.2) is 53.3 Å². The molecule has 5 nitrogen and oxygen atoms in total.